The smallest absolute Gasteiger partial charge is 0.221 e. The molecule has 4 heteroatoms. The number of hydrogen-bond acceptors (Lipinski definition) is 2. The Kier molecular flexibility index (Phi) is 6.08. The van der Waals surface area contributed by atoms with Gasteiger partial charge in [-0.05, 0) is 61.1 Å². The van der Waals surface area contributed by atoms with Crippen molar-refractivity contribution in [1.29, 1.82) is 0 Å². The van der Waals surface area contributed by atoms with Crippen molar-refractivity contribution in [2.24, 2.45) is 0 Å². The fourth-order valence-electron chi connectivity index (χ4n) is 1.52. The molecule has 1 aromatic carbocycles. The number of amides is 1. The lowest BCUT2D eigenvalue weighted by atomic mass is 10.1. The molecular formula is C14H21IN2O. The summed E-state index contributed by atoms with van der Waals surface area (Å²) in [6, 6.07) is 8.38. The third kappa shape index (κ3) is 6.96. The Bertz CT molecular complexity index is 382. The van der Waals surface area contributed by atoms with Crippen LogP contribution in [0.3, 0.4) is 0 Å². The molecule has 0 aliphatic heterocycles. The summed E-state index contributed by atoms with van der Waals surface area (Å²) in [4.78, 5) is 11.6. The Morgan fingerprint density at radius 2 is 1.83 bits per heavy atom. The first-order valence-electron chi connectivity index (χ1n) is 6.13. The average Bonchev–Trinajstić information content (AvgIpc) is 2.24. The molecule has 0 unspecified atom stereocenters. The largest absolute Gasteiger partial charge is 0.351 e. The normalized spacial score (nSPS) is 11.3. The van der Waals surface area contributed by atoms with E-state index in [1.807, 2.05) is 20.8 Å². The summed E-state index contributed by atoms with van der Waals surface area (Å²) in [6.45, 7) is 7.48. The van der Waals surface area contributed by atoms with Crippen molar-refractivity contribution in [3.05, 3.63) is 33.4 Å². The van der Waals surface area contributed by atoms with E-state index in [0.717, 1.165) is 6.54 Å². The molecule has 18 heavy (non-hydrogen) atoms. The van der Waals surface area contributed by atoms with E-state index < -0.39 is 0 Å². The highest BCUT2D eigenvalue weighted by Crippen LogP contribution is 2.06. The minimum Gasteiger partial charge on any atom is -0.351 e. The summed E-state index contributed by atoms with van der Waals surface area (Å²) < 4.78 is 1.24. The fraction of sp³-hybridized carbons (Fsp3) is 0.500. The van der Waals surface area contributed by atoms with Gasteiger partial charge in [0.2, 0.25) is 5.91 Å². The maximum Gasteiger partial charge on any atom is 0.221 e. The van der Waals surface area contributed by atoms with Gasteiger partial charge in [0.25, 0.3) is 0 Å². The van der Waals surface area contributed by atoms with E-state index in [9.17, 15) is 4.79 Å². The summed E-state index contributed by atoms with van der Waals surface area (Å²) in [6.07, 6.45) is 0.516. The minimum absolute atomic E-state index is 0.0950. The Hall–Kier alpha value is -0.620. The van der Waals surface area contributed by atoms with E-state index in [0.29, 0.717) is 13.0 Å². The van der Waals surface area contributed by atoms with Crippen LogP contribution in [0.1, 0.15) is 32.8 Å². The highest BCUT2D eigenvalue weighted by Gasteiger charge is 2.12. The predicted molar refractivity (Wildman–Crippen MR) is 83.4 cm³/mol. The monoisotopic (exact) mass is 360 g/mol. The van der Waals surface area contributed by atoms with Crippen LogP contribution in [-0.2, 0) is 11.3 Å². The fourth-order valence-corrected chi connectivity index (χ4v) is 1.88. The molecule has 0 radical (unpaired) electrons. The van der Waals surface area contributed by atoms with Crippen LogP contribution in [0, 0.1) is 3.57 Å². The SMILES string of the molecule is CC(C)(C)NC(=O)CCNCc1ccc(I)cc1. The van der Waals surface area contributed by atoms with E-state index in [2.05, 4.69) is 57.5 Å². The van der Waals surface area contributed by atoms with Crippen molar-refractivity contribution in [1.82, 2.24) is 10.6 Å². The molecule has 0 aromatic heterocycles. The molecule has 0 heterocycles. The Morgan fingerprint density at radius 1 is 1.22 bits per heavy atom. The van der Waals surface area contributed by atoms with E-state index in [1.165, 1.54) is 9.13 Å². The lowest BCUT2D eigenvalue weighted by Gasteiger charge is -2.20. The third-order valence-corrected chi connectivity index (χ3v) is 3.00. The van der Waals surface area contributed by atoms with Gasteiger partial charge in [0, 0.05) is 28.6 Å². The number of nitrogens with one attached hydrogen (secondary N) is 2. The quantitative estimate of drug-likeness (QED) is 0.626. The Balaban J connectivity index is 2.19. The molecule has 0 aliphatic carbocycles. The number of carbonyl (C=O) groups is 1. The molecule has 0 atom stereocenters. The number of carbonyl (C=O) groups excluding carboxylic acids is 1. The highest BCUT2D eigenvalue weighted by molar-refractivity contribution is 14.1. The number of halogens is 1. The van der Waals surface area contributed by atoms with Crippen molar-refractivity contribution in [2.45, 2.75) is 39.3 Å². The molecule has 0 aliphatic rings. The van der Waals surface area contributed by atoms with Crippen molar-refractivity contribution >= 4 is 28.5 Å². The van der Waals surface area contributed by atoms with Crippen LogP contribution in [0.15, 0.2) is 24.3 Å². The maximum atomic E-state index is 11.6. The van der Waals surface area contributed by atoms with Crippen molar-refractivity contribution in [2.75, 3.05) is 6.54 Å². The van der Waals surface area contributed by atoms with Crippen molar-refractivity contribution < 1.29 is 4.79 Å². The van der Waals surface area contributed by atoms with Crippen LogP contribution in [0.25, 0.3) is 0 Å². The zero-order valence-corrected chi connectivity index (χ0v) is 13.4. The van der Waals surface area contributed by atoms with Gasteiger partial charge in [0.1, 0.15) is 0 Å². The summed E-state index contributed by atoms with van der Waals surface area (Å²) in [5.41, 5.74) is 1.10. The lowest BCUT2D eigenvalue weighted by Crippen LogP contribution is -2.41. The van der Waals surface area contributed by atoms with Gasteiger partial charge in [-0.15, -0.1) is 0 Å². The topological polar surface area (TPSA) is 41.1 Å². The van der Waals surface area contributed by atoms with Gasteiger partial charge >= 0.3 is 0 Å². The van der Waals surface area contributed by atoms with E-state index in [1.54, 1.807) is 0 Å². The van der Waals surface area contributed by atoms with Crippen LogP contribution < -0.4 is 10.6 Å². The average molecular weight is 360 g/mol. The molecule has 100 valence electrons. The van der Waals surface area contributed by atoms with E-state index >= 15 is 0 Å². The van der Waals surface area contributed by atoms with E-state index in [-0.39, 0.29) is 11.4 Å². The van der Waals surface area contributed by atoms with Crippen molar-refractivity contribution in [3.63, 3.8) is 0 Å². The molecule has 1 rings (SSSR count). The molecule has 0 saturated heterocycles. The Labute approximate surface area is 123 Å². The highest BCUT2D eigenvalue weighted by atomic mass is 127. The molecule has 3 nitrogen and oxygen atoms in total. The number of benzene rings is 1. The molecule has 0 bridgehead atoms. The molecule has 0 fully saturated rings. The second-order valence-corrected chi connectivity index (χ2v) is 6.60. The third-order valence-electron chi connectivity index (χ3n) is 2.29. The number of hydrogen-bond donors (Lipinski definition) is 2. The molecule has 2 N–H and O–H groups in total. The van der Waals surface area contributed by atoms with Gasteiger partial charge in [-0.1, -0.05) is 12.1 Å². The Morgan fingerprint density at radius 3 is 2.39 bits per heavy atom. The summed E-state index contributed by atoms with van der Waals surface area (Å²) in [5, 5.41) is 6.22. The number of rotatable bonds is 5. The maximum absolute atomic E-state index is 11.6. The van der Waals surface area contributed by atoms with Crippen LogP contribution in [0.4, 0.5) is 0 Å². The van der Waals surface area contributed by atoms with Gasteiger partial charge in [0.05, 0.1) is 0 Å². The van der Waals surface area contributed by atoms with Gasteiger partial charge in [0.15, 0.2) is 0 Å². The molecular weight excluding hydrogens is 339 g/mol. The van der Waals surface area contributed by atoms with Gasteiger partial charge in [-0.25, -0.2) is 0 Å². The van der Waals surface area contributed by atoms with Crippen LogP contribution in [0.2, 0.25) is 0 Å². The molecule has 1 aromatic rings. The molecule has 1 amide bonds. The first kappa shape index (κ1) is 15.4. The van der Waals surface area contributed by atoms with Gasteiger partial charge < -0.3 is 10.6 Å². The van der Waals surface area contributed by atoms with Crippen LogP contribution >= 0.6 is 22.6 Å². The minimum atomic E-state index is -0.146. The zero-order valence-electron chi connectivity index (χ0n) is 11.2. The zero-order chi connectivity index (χ0) is 13.6. The van der Waals surface area contributed by atoms with Crippen LogP contribution in [0.5, 0.6) is 0 Å². The first-order chi connectivity index (χ1) is 8.37. The second-order valence-electron chi connectivity index (χ2n) is 5.35. The first-order valence-corrected chi connectivity index (χ1v) is 7.21. The van der Waals surface area contributed by atoms with Crippen molar-refractivity contribution in [3.8, 4) is 0 Å². The molecule has 0 spiro atoms. The van der Waals surface area contributed by atoms with Crippen LogP contribution in [-0.4, -0.2) is 18.0 Å². The van der Waals surface area contributed by atoms with Gasteiger partial charge in [-0.2, -0.15) is 0 Å². The second kappa shape index (κ2) is 7.09. The van der Waals surface area contributed by atoms with E-state index in [4.69, 9.17) is 0 Å². The summed E-state index contributed by atoms with van der Waals surface area (Å²) >= 11 is 2.29. The standard InChI is InChI=1S/C14H21IN2O/c1-14(2,3)17-13(18)8-9-16-10-11-4-6-12(15)7-5-11/h4-7,16H,8-10H2,1-3H3,(H,17,18). The predicted octanol–water partition coefficient (Wildman–Crippen LogP) is 2.69. The molecule has 0 saturated carbocycles. The summed E-state index contributed by atoms with van der Waals surface area (Å²) in [5.74, 6) is 0.0950. The van der Waals surface area contributed by atoms with Gasteiger partial charge in [-0.3, -0.25) is 4.79 Å². The lowest BCUT2D eigenvalue weighted by molar-refractivity contribution is -0.122. The summed E-state index contributed by atoms with van der Waals surface area (Å²) in [7, 11) is 0.